The zero-order valence-electron chi connectivity index (χ0n) is 11.8. The van der Waals surface area contributed by atoms with Gasteiger partial charge in [-0.1, -0.05) is 0 Å². The van der Waals surface area contributed by atoms with Crippen LogP contribution in [0, 0.1) is 0 Å². The van der Waals surface area contributed by atoms with Gasteiger partial charge in [0.1, 0.15) is 0 Å². The molecule has 1 saturated heterocycles. The van der Waals surface area contributed by atoms with Crippen molar-refractivity contribution < 1.29 is 0 Å². The standard InChI is InChI=1S/C14H26N4/c1-12(18-9-7-15-8-10-18)11-14(17(2)3)13-5-4-6-16-13/h4-6,12,14-16H,7-11H2,1-3H3. The minimum atomic E-state index is 0.477. The summed E-state index contributed by atoms with van der Waals surface area (Å²) < 4.78 is 0. The molecule has 0 saturated carbocycles. The van der Waals surface area contributed by atoms with Crippen LogP contribution in [0.3, 0.4) is 0 Å². The van der Waals surface area contributed by atoms with Crippen LogP contribution < -0.4 is 5.32 Å². The van der Waals surface area contributed by atoms with Crippen LogP contribution in [0.4, 0.5) is 0 Å². The average Bonchev–Trinajstić information content (AvgIpc) is 2.90. The Kier molecular flexibility index (Phi) is 4.80. The molecule has 1 aliphatic rings. The van der Waals surface area contributed by atoms with E-state index in [9.17, 15) is 0 Å². The summed E-state index contributed by atoms with van der Waals surface area (Å²) in [6, 6.07) is 5.38. The summed E-state index contributed by atoms with van der Waals surface area (Å²) in [7, 11) is 4.33. The fourth-order valence-electron chi connectivity index (χ4n) is 2.76. The molecule has 2 unspecified atom stereocenters. The zero-order valence-corrected chi connectivity index (χ0v) is 11.8. The summed E-state index contributed by atoms with van der Waals surface area (Å²) in [5.41, 5.74) is 1.32. The molecule has 4 nitrogen and oxygen atoms in total. The van der Waals surface area contributed by atoms with Gasteiger partial charge in [-0.05, 0) is 39.6 Å². The summed E-state index contributed by atoms with van der Waals surface area (Å²) in [4.78, 5) is 8.26. The van der Waals surface area contributed by atoms with Gasteiger partial charge in [-0.15, -0.1) is 0 Å². The Bertz CT molecular complexity index is 328. The number of nitrogens with one attached hydrogen (secondary N) is 2. The predicted molar refractivity (Wildman–Crippen MR) is 75.7 cm³/mol. The molecule has 0 aliphatic carbocycles. The summed E-state index contributed by atoms with van der Waals surface area (Å²) in [5.74, 6) is 0. The third kappa shape index (κ3) is 3.34. The van der Waals surface area contributed by atoms with Crippen molar-refractivity contribution in [2.24, 2.45) is 0 Å². The largest absolute Gasteiger partial charge is 0.364 e. The molecule has 2 rings (SSSR count). The number of hydrogen-bond acceptors (Lipinski definition) is 3. The van der Waals surface area contributed by atoms with Gasteiger partial charge in [-0.25, -0.2) is 0 Å². The molecule has 2 atom stereocenters. The molecular weight excluding hydrogens is 224 g/mol. The van der Waals surface area contributed by atoms with Crippen LogP contribution in [0.5, 0.6) is 0 Å². The van der Waals surface area contributed by atoms with Crippen molar-refractivity contribution in [2.45, 2.75) is 25.4 Å². The van der Waals surface area contributed by atoms with Gasteiger partial charge < -0.3 is 15.2 Å². The van der Waals surface area contributed by atoms with Gasteiger partial charge in [0.15, 0.2) is 0 Å². The molecule has 0 amide bonds. The van der Waals surface area contributed by atoms with Crippen molar-refractivity contribution in [2.75, 3.05) is 40.3 Å². The van der Waals surface area contributed by atoms with Crippen molar-refractivity contribution in [1.82, 2.24) is 20.1 Å². The van der Waals surface area contributed by atoms with Gasteiger partial charge in [0.05, 0.1) is 6.04 Å². The van der Waals surface area contributed by atoms with Crippen molar-refractivity contribution in [1.29, 1.82) is 0 Å². The SMILES string of the molecule is CC(CC(c1ccc[nH]1)N(C)C)N1CCNCC1. The van der Waals surface area contributed by atoms with E-state index in [2.05, 4.69) is 53.3 Å². The van der Waals surface area contributed by atoms with E-state index < -0.39 is 0 Å². The predicted octanol–water partition coefficient (Wildman–Crippen LogP) is 1.30. The van der Waals surface area contributed by atoms with E-state index in [4.69, 9.17) is 0 Å². The van der Waals surface area contributed by atoms with Crippen molar-refractivity contribution >= 4 is 0 Å². The van der Waals surface area contributed by atoms with Crippen LogP contribution in [0.1, 0.15) is 25.1 Å². The number of aromatic nitrogens is 1. The van der Waals surface area contributed by atoms with E-state index in [0.717, 1.165) is 13.1 Å². The molecule has 1 aliphatic heterocycles. The lowest BCUT2D eigenvalue weighted by molar-refractivity contribution is 0.143. The Morgan fingerprint density at radius 2 is 2.06 bits per heavy atom. The average molecular weight is 250 g/mol. The first kappa shape index (κ1) is 13.6. The highest BCUT2D eigenvalue weighted by molar-refractivity contribution is 5.09. The topological polar surface area (TPSA) is 34.3 Å². The third-order valence-corrected chi connectivity index (χ3v) is 3.94. The molecule has 0 radical (unpaired) electrons. The summed E-state index contributed by atoms with van der Waals surface area (Å²) in [6.07, 6.45) is 3.19. The van der Waals surface area contributed by atoms with E-state index >= 15 is 0 Å². The van der Waals surface area contributed by atoms with Crippen molar-refractivity contribution in [3.63, 3.8) is 0 Å². The summed E-state index contributed by atoms with van der Waals surface area (Å²) in [5, 5.41) is 3.41. The summed E-state index contributed by atoms with van der Waals surface area (Å²) in [6.45, 7) is 6.95. The van der Waals surface area contributed by atoms with Crippen LogP contribution in [-0.4, -0.2) is 61.1 Å². The first-order valence-corrected chi connectivity index (χ1v) is 6.93. The summed E-state index contributed by atoms with van der Waals surface area (Å²) >= 11 is 0. The highest BCUT2D eigenvalue weighted by Crippen LogP contribution is 2.24. The maximum atomic E-state index is 3.41. The lowest BCUT2D eigenvalue weighted by Gasteiger charge is -2.36. The third-order valence-electron chi connectivity index (χ3n) is 3.94. The number of H-pyrrole nitrogens is 1. The number of aromatic amines is 1. The molecule has 1 aromatic rings. The second-order valence-electron chi connectivity index (χ2n) is 5.48. The van der Waals surface area contributed by atoms with E-state index in [1.54, 1.807) is 0 Å². The molecule has 102 valence electrons. The number of rotatable bonds is 5. The molecule has 0 aromatic carbocycles. The smallest absolute Gasteiger partial charge is 0.0507 e. The van der Waals surface area contributed by atoms with Crippen LogP contribution in [0.25, 0.3) is 0 Å². The number of nitrogens with zero attached hydrogens (tertiary/aromatic N) is 2. The van der Waals surface area contributed by atoms with Gasteiger partial charge in [-0.3, -0.25) is 4.90 Å². The van der Waals surface area contributed by atoms with E-state index in [-0.39, 0.29) is 0 Å². The maximum absolute atomic E-state index is 3.41. The van der Waals surface area contributed by atoms with E-state index in [1.807, 2.05) is 6.20 Å². The molecule has 0 spiro atoms. The molecule has 0 bridgehead atoms. The van der Waals surface area contributed by atoms with Crippen molar-refractivity contribution in [3.8, 4) is 0 Å². The lowest BCUT2D eigenvalue weighted by Crippen LogP contribution is -2.48. The Balaban J connectivity index is 1.96. The Hall–Kier alpha value is -0.840. The molecule has 1 aromatic heterocycles. The first-order valence-electron chi connectivity index (χ1n) is 6.93. The van der Waals surface area contributed by atoms with Gasteiger partial charge in [0.25, 0.3) is 0 Å². The molecular formula is C14H26N4. The normalized spacial score (nSPS) is 21.1. The highest BCUT2D eigenvalue weighted by atomic mass is 15.2. The Morgan fingerprint density at radius 3 is 2.61 bits per heavy atom. The number of piperazine rings is 1. The Labute approximate surface area is 110 Å². The fourth-order valence-corrected chi connectivity index (χ4v) is 2.76. The van der Waals surface area contributed by atoms with Gasteiger partial charge in [0.2, 0.25) is 0 Å². The van der Waals surface area contributed by atoms with Crippen LogP contribution in [0.2, 0.25) is 0 Å². The fraction of sp³-hybridized carbons (Fsp3) is 0.714. The second-order valence-corrected chi connectivity index (χ2v) is 5.48. The monoisotopic (exact) mass is 250 g/mol. The molecule has 2 heterocycles. The number of hydrogen-bond donors (Lipinski definition) is 2. The zero-order chi connectivity index (χ0) is 13.0. The van der Waals surface area contributed by atoms with E-state index in [1.165, 1.54) is 25.2 Å². The van der Waals surface area contributed by atoms with Gasteiger partial charge in [0, 0.05) is 44.1 Å². The van der Waals surface area contributed by atoms with Crippen molar-refractivity contribution in [3.05, 3.63) is 24.0 Å². The quantitative estimate of drug-likeness (QED) is 0.826. The molecule has 1 fully saturated rings. The second kappa shape index (κ2) is 6.36. The molecule has 4 heteroatoms. The van der Waals surface area contributed by atoms with Crippen LogP contribution >= 0.6 is 0 Å². The maximum Gasteiger partial charge on any atom is 0.0507 e. The minimum absolute atomic E-state index is 0.477. The van der Waals surface area contributed by atoms with Gasteiger partial charge >= 0.3 is 0 Å². The van der Waals surface area contributed by atoms with E-state index in [0.29, 0.717) is 12.1 Å². The lowest BCUT2D eigenvalue weighted by atomic mass is 10.0. The highest BCUT2D eigenvalue weighted by Gasteiger charge is 2.23. The minimum Gasteiger partial charge on any atom is -0.364 e. The molecule has 2 N–H and O–H groups in total. The Morgan fingerprint density at radius 1 is 1.33 bits per heavy atom. The first-order chi connectivity index (χ1) is 8.68. The van der Waals surface area contributed by atoms with Crippen LogP contribution in [0.15, 0.2) is 18.3 Å². The molecule has 18 heavy (non-hydrogen) atoms. The van der Waals surface area contributed by atoms with Crippen LogP contribution in [-0.2, 0) is 0 Å². The van der Waals surface area contributed by atoms with Gasteiger partial charge in [-0.2, -0.15) is 0 Å².